The molecule has 0 spiro atoms. The second-order valence-corrected chi connectivity index (χ2v) is 9.47. The van der Waals surface area contributed by atoms with Crippen molar-refractivity contribution in [1.82, 2.24) is 0 Å². The van der Waals surface area contributed by atoms with E-state index < -0.39 is 12.5 Å². The van der Waals surface area contributed by atoms with Gasteiger partial charge in [0.05, 0.1) is 0 Å². The second kappa shape index (κ2) is 9.98. The van der Waals surface area contributed by atoms with Gasteiger partial charge in [-0.15, -0.1) is 0 Å². The second-order valence-electron chi connectivity index (χ2n) is 8.16. The van der Waals surface area contributed by atoms with Crippen LogP contribution >= 0.6 is 34.8 Å². The molecule has 2 nitrogen and oxygen atoms in total. The molecule has 0 aliphatic carbocycles. The predicted molar refractivity (Wildman–Crippen MR) is 133 cm³/mol. The van der Waals surface area contributed by atoms with E-state index in [-0.39, 0.29) is 6.32 Å². The van der Waals surface area contributed by atoms with Gasteiger partial charge < -0.3 is 10.0 Å². The Hall–Kier alpha value is -1.49. The highest BCUT2D eigenvalue weighted by Gasteiger charge is 2.39. The smallest absolute Gasteiger partial charge is 0.427 e. The number of hydrogen-bond donors (Lipinski definition) is 2. The van der Waals surface area contributed by atoms with E-state index in [1.165, 1.54) is 0 Å². The minimum absolute atomic E-state index is 0.285. The first-order valence-corrected chi connectivity index (χ1v) is 11.4. The van der Waals surface area contributed by atoms with Crippen molar-refractivity contribution in [2.75, 3.05) is 0 Å². The lowest BCUT2D eigenvalue weighted by molar-refractivity contribution is 0.398. The van der Waals surface area contributed by atoms with Crippen molar-refractivity contribution in [2.24, 2.45) is 0 Å². The molecular formula is C25H26BCl3O2. The first-order chi connectivity index (χ1) is 14.6. The lowest BCUT2D eigenvalue weighted by Crippen LogP contribution is -2.32. The average molecular weight is 476 g/mol. The third kappa shape index (κ3) is 5.13. The summed E-state index contributed by atoms with van der Waals surface area (Å²) in [5.74, 6) is 0. The zero-order valence-electron chi connectivity index (χ0n) is 17.9. The molecule has 0 unspecified atom stereocenters. The van der Waals surface area contributed by atoms with E-state index in [0.29, 0.717) is 27.9 Å². The summed E-state index contributed by atoms with van der Waals surface area (Å²) in [5.41, 5.74) is 6.05. The number of aryl methyl sites for hydroxylation is 3. The summed E-state index contributed by atoms with van der Waals surface area (Å²) >= 11 is 18.9. The lowest BCUT2D eigenvalue weighted by Gasteiger charge is -2.39. The summed E-state index contributed by atoms with van der Waals surface area (Å²) in [4.78, 5) is 0. The quantitative estimate of drug-likeness (QED) is 0.281. The van der Waals surface area contributed by atoms with Gasteiger partial charge in [0.25, 0.3) is 0 Å². The molecule has 0 amide bonds. The molecule has 0 radical (unpaired) electrons. The van der Waals surface area contributed by atoms with Gasteiger partial charge in [-0.05, 0) is 103 Å². The van der Waals surface area contributed by atoms with Crippen molar-refractivity contribution in [2.45, 2.75) is 45.3 Å². The van der Waals surface area contributed by atoms with E-state index in [0.717, 1.165) is 33.4 Å². The highest BCUT2D eigenvalue weighted by Crippen LogP contribution is 2.48. The summed E-state index contributed by atoms with van der Waals surface area (Å²) in [6.07, 6.45) is 1.58. The van der Waals surface area contributed by atoms with Crippen LogP contribution in [0, 0.1) is 20.8 Å². The van der Waals surface area contributed by atoms with Gasteiger partial charge in [0.15, 0.2) is 0 Å². The van der Waals surface area contributed by atoms with Crippen LogP contribution in [0.4, 0.5) is 0 Å². The zero-order chi connectivity index (χ0) is 22.8. The van der Waals surface area contributed by atoms with Crippen molar-refractivity contribution in [3.8, 4) is 0 Å². The van der Waals surface area contributed by atoms with Crippen molar-refractivity contribution in [3.63, 3.8) is 0 Å². The third-order valence-corrected chi connectivity index (χ3v) is 6.66. The van der Waals surface area contributed by atoms with Crippen molar-refractivity contribution in [1.29, 1.82) is 0 Å². The van der Waals surface area contributed by atoms with Crippen LogP contribution < -0.4 is 0 Å². The van der Waals surface area contributed by atoms with E-state index in [1.807, 2.05) is 36.4 Å². The molecule has 2 N–H and O–H groups in total. The van der Waals surface area contributed by atoms with Crippen LogP contribution in [0.2, 0.25) is 21.4 Å². The average Bonchev–Trinajstić information content (AvgIpc) is 2.66. The minimum atomic E-state index is -1.35. The molecular weight excluding hydrogens is 449 g/mol. The largest absolute Gasteiger partial charge is 0.451 e. The first-order valence-electron chi connectivity index (χ1n) is 10.3. The molecule has 0 aliphatic heterocycles. The van der Waals surface area contributed by atoms with Crippen LogP contribution in [0.25, 0.3) is 0 Å². The molecule has 0 saturated carbocycles. The fourth-order valence-electron chi connectivity index (χ4n) is 4.71. The van der Waals surface area contributed by atoms with Gasteiger partial charge in [-0.2, -0.15) is 0 Å². The Morgan fingerprint density at radius 2 is 1.03 bits per heavy atom. The Morgan fingerprint density at radius 1 is 0.677 bits per heavy atom. The molecule has 0 saturated heterocycles. The van der Waals surface area contributed by atoms with Crippen LogP contribution in [0.1, 0.15) is 46.2 Å². The van der Waals surface area contributed by atoms with Crippen LogP contribution in [0.5, 0.6) is 0 Å². The van der Waals surface area contributed by atoms with E-state index in [2.05, 4.69) is 39.0 Å². The fraction of sp³-hybridized carbons (Fsp3) is 0.280. The standard InChI is InChI=1S/C25H26BCl3O2/c1-16-13-19(27)5-8-22(16)25(11-4-12-26(30)31,23-9-6-20(28)14-17(23)2)24-10-7-21(29)15-18(24)3/h5-10,13-15,30-31H,4,11-12H2,1-3H3. The molecule has 0 bridgehead atoms. The fourth-order valence-corrected chi connectivity index (χ4v) is 5.39. The Balaban J connectivity index is 2.39. The number of halogens is 3. The molecule has 0 aliphatic rings. The monoisotopic (exact) mass is 474 g/mol. The van der Waals surface area contributed by atoms with Gasteiger partial charge in [0, 0.05) is 20.5 Å². The Morgan fingerprint density at radius 3 is 1.32 bits per heavy atom. The highest BCUT2D eigenvalue weighted by atomic mass is 35.5. The zero-order valence-corrected chi connectivity index (χ0v) is 20.2. The van der Waals surface area contributed by atoms with E-state index in [9.17, 15) is 10.0 Å². The van der Waals surface area contributed by atoms with Crippen LogP contribution in [0.15, 0.2) is 54.6 Å². The van der Waals surface area contributed by atoms with Crippen LogP contribution in [0.3, 0.4) is 0 Å². The molecule has 0 atom stereocenters. The predicted octanol–water partition coefficient (Wildman–Crippen LogP) is 7.16. The molecule has 3 aromatic carbocycles. The molecule has 3 aromatic rings. The summed E-state index contributed by atoms with van der Waals surface area (Å²) in [7, 11) is -1.35. The minimum Gasteiger partial charge on any atom is -0.427 e. The molecule has 162 valence electrons. The number of hydrogen-bond acceptors (Lipinski definition) is 2. The maximum atomic E-state index is 9.54. The van der Waals surface area contributed by atoms with Crippen LogP contribution in [-0.2, 0) is 5.41 Å². The molecule has 3 rings (SSSR count). The number of benzene rings is 3. The van der Waals surface area contributed by atoms with Crippen LogP contribution in [-0.4, -0.2) is 17.2 Å². The van der Waals surface area contributed by atoms with Gasteiger partial charge in [-0.25, -0.2) is 0 Å². The SMILES string of the molecule is Cc1cc(Cl)ccc1C(CCCB(O)O)(c1ccc(Cl)cc1C)c1ccc(Cl)cc1C. The molecule has 6 heteroatoms. The van der Waals surface area contributed by atoms with Gasteiger partial charge in [0.2, 0.25) is 0 Å². The third-order valence-electron chi connectivity index (χ3n) is 5.96. The number of rotatable bonds is 7. The first kappa shape index (κ1) is 24.2. The normalized spacial score (nSPS) is 11.6. The van der Waals surface area contributed by atoms with Gasteiger partial charge >= 0.3 is 7.12 Å². The van der Waals surface area contributed by atoms with Gasteiger partial charge in [-0.3, -0.25) is 0 Å². The van der Waals surface area contributed by atoms with Gasteiger partial charge in [-0.1, -0.05) is 59.4 Å². The molecule has 31 heavy (non-hydrogen) atoms. The molecule has 0 heterocycles. The lowest BCUT2D eigenvalue weighted by atomic mass is 9.62. The topological polar surface area (TPSA) is 40.5 Å². The van der Waals surface area contributed by atoms with Crippen molar-refractivity contribution < 1.29 is 10.0 Å². The summed E-state index contributed by atoms with van der Waals surface area (Å²) in [6, 6.07) is 17.9. The molecule has 0 fully saturated rings. The van der Waals surface area contributed by atoms with Gasteiger partial charge in [0.1, 0.15) is 0 Å². The van der Waals surface area contributed by atoms with E-state index >= 15 is 0 Å². The van der Waals surface area contributed by atoms with Crippen molar-refractivity contribution >= 4 is 41.9 Å². The molecule has 0 aromatic heterocycles. The summed E-state index contributed by atoms with van der Waals surface area (Å²) in [5, 5.41) is 21.1. The maximum Gasteiger partial charge on any atom is 0.451 e. The van der Waals surface area contributed by atoms with E-state index in [1.54, 1.807) is 0 Å². The summed E-state index contributed by atoms with van der Waals surface area (Å²) < 4.78 is 0. The Bertz CT molecular complexity index is 957. The van der Waals surface area contributed by atoms with E-state index in [4.69, 9.17) is 34.8 Å². The highest BCUT2D eigenvalue weighted by molar-refractivity contribution is 6.40. The van der Waals surface area contributed by atoms with Crippen molar-refractivity contribution in [3.05, 3.63) is 103 Å². The summed E-state index contributed by atoms with van der Waals surface area (Å²) in [6.45, 7) is 6.19. The maximum absolute atomic E-state index is 9.54. The Kier molecular flexibility index (Phi) is 7.78. The Labute approximate surface area is 199 Å².